The van der Waals surface area contributed by atoms with Gasteiger partial charge in [0.2, 0.25) is 0 Å². The first kappa shape index (κ1) is 20.4. The highest BCUT2D eigenvalue weighted by Crippen LogP contribution is 2.82. The molecule has 2 nitrogen and oxygen atoms in total. The van der Waals surface area contributed by atoms with Gasteiger partial charge in [-0.2, -0.15) is 0 Å². The van der Waals surface area contributed by atoms with Crippen LogP contribution in [0.1, 0.15) is 112 Å². The Bertz CT molecular complexity index is 973. The van der Waals surface area contributed by atoms with Crippen LogP contribution in [0.4, 0.5) is 0 Å². The van der Waals surface area contributed by atoms with Crippen molar-refractivity contribution in [1.29, 1.82) is 0 Å². The Morgan fingerprint density at radius 1 is 0.906 bits per heavy atom. The van der Waals surface area contributed by atoms with E-state index in [1.807, 2.05) is 6.92 Å². The molecule has 3 bridgehead atoms. The minimum absolute atomic E-state index is 0.0466. The fourth-order valence-corrected chi connectivity index (χ4v) is 12.7. The van der Waals surface area contributed by atoms with Gasteiger partial charge in [0, 0.05) is 27.0 Å². The molecule has 5 saturated carbocycles. The van der Waals surface area contributed by atoms with Gasteiger partial charge in [0.25, 0.3) is 0 Å². The van der Waals surface area contributed by atoms with Gasteiger partial charge in [-0.3, -0.25) is 9.59 Å². The summed E-state index contributed by atoms with van der Waals surface area (Å²) in [6.07, 6.45) is 13.5. The van der Waals surface area contributed by atoms with Crippen LogP contribution >= 0.6 is 11.3 Å². The average molecular weight is 451 g/mol. The molecule has 0 amide bonds. The molecule has 0 N–H and O–H groups in total. The first-order valence-electron chi connectivity index (χ1n) is 13.5. The van der Waals surface area contributed by atoms with Crippen LogP contribution in [-0.2, 0) is 15.0 Å². The molecular weight excluding hydrogens is 412 g/mol. The summed E-state index contributed by atoms with van der Waals surface area (Å²) in [6.45, 7) is 5.86. The summed E-state index contributed by atoms with van der Waals surface area (Å²) < 4.78 is 0. The number of carbonyl (C=O) groups is 2. The van der Waals surface area contributed by atoms with E-state index in [0.29, 0.717) is 29.0 Å². The lowest BCUT2D eigenvalue weighted by atomic mass is 9.46. The molecule has 7 unspecified atom stereocenters. The van der Waals surface area contributed by atoms with Gasteiger partial charge in [0.15, 0.2) is 0 Å². The van der Waals surface area contributed by atoms with Gasteiger partial charge in [-0.25, -0.2) is 0 Å². The standard InChI is InChI=1S/C29H38O2S/c1-15-23-12-24(18-7-5-4-6-8-18)32-27(23)29(26(17(3)31)25(15)16(2)30)21-10-19-9-20-11-22(29)14-28(19,20)13-21/h12,15,18-22,25-26H,4-11,13-14H2,1-3H3. The predicted octanol–water partition coefficient (Wildman–Crippen LogP) is 7.02. The largest absolute Gasteiger partial charge is 0.300 e. The Kier molecular flexibility index (Phi) is 4.20. The molecule has 32 heavy (non-hydrogen) atoms. The van der Waals surface area contributed by atoms with E-state index >= 15 is 0 Å². The Hall–Kier alpha value is -0.960. The molecule has 1 aromatic heterocycles. The number of hydrogen-bond donors (Lipinski definition) is 0. The van der Waals surface area contributed by atoms with Crippen LogP contribution < -0.4 is 0 Å². The second-order valence-corrected chi connectivity index (χ2v) is 13.9. The number of rotatable bonds is 3. The van der Waals surface area contributed by atoms with Crippen molar-refractivity contribution in [2.45, 2.75) is 102 Å². The second kappa shape index (κ2) is 6.58. The van der Waals surface area contributed by atoms with Crippen molar-refractivity contribution < 1.29 is 9.59 Å². The van der Waals surface area contributed by atoms with E-state index < -0.39 is 0 Å². The van der Waals surface area contributed by atoms with E-state index in [2.05, 4.69) is 24.3 Å². The maximum absolute atomic E-state index is 13.5. The number of Topliss-reactive ketones (excluding diaryl/α,β-unsaturated/α-hetero) is 2. The number of thiophene rings is 1. The van der Waals surface area contributed by atoms with Crippen molar-refractivity contribution in [3.63, 3.8) is 0 Å². The van der Waals surface area contributed by atoms with Crippen molar-refractivity contribution in [2.24, 2.45) is 40.9 Å². The highest BCUT2D eigenvalue weighted by Gasteiger charge is 2.76. The summed E-state index contributed by atoms with van der Waals surface area (Å²) in [7, 11) is 0. The SMILES string of the molecule is CC(=O)C1C(C)c2cc(C3CCCCC3)sc2C2(C3CC4CC5CC2CC45C3)C1C(C)=O. The van der Waals surface area contributed by atoms with Crippen LogP contribution in [0.25, 0.3) is 0 Å². The smallest absolute Gasteiger partial charge is 0.134 e. The molecule has 0 aromatic carbocycles. The lowest BCUT2D eigenvalue weighted by Gasteiger charge is -2.57. The summed E-state index contributed by atoms with van der Waals surface area (Å²) in [5.74, 6) is 4.29. The zero-order valence-electron chi connectivity index (χ0n) is 20.0. The molecular formula is C29H38O2S. The highest BCUT2D eigenvalue weighted by atomic mass is 32.1. The monoisotopic (exact) mass is 450 g/mol. The van der Waals surface area contributed by atoms with Gasteiger partial charge in [-0.1, -0.05) is 26.2 Å². The molecule has 3 heteroatoms. The van der Waals surface area contributed by atoms with Crippen molar-refractivity contribution in [1.82, 2.24) is 0 Å². The molecule has 6 aliphatic rings. The summed E-state index contributed by atoms with van der Waals surface area (Å²) >= 11 is 2.11. The maximum Gasteiger partial charge on any atom is 0.134 e. The van der Waals surface area contributed by atoms with Gasteiger partial charge in [-0.05, 0) is 111 Å². The minimum Gasteiger partial charge on any atom is -0.300 e. The zero-order valence-corrected chi connectivity index (χ0v) is 20.8. The molecule has 0 saturated heterocycles. The van der Waals surface area contributed by atoms with Crippen LogP contribution in [0.5, 0.6) is 0 Å². The number of ketones is 2. The summed E-state index contributed by atoms with van der Waals surface area (Å²) in [4.78, 5) is 29.9. The molecule has 1 aromatic rings. The van der Waals surface area contributed by atoms with E-state index in [-0.39, 0.29) is 29.0 Å². The van der Waals surface area contributed by atoms with Crippen molar-refractivity contribution in [3.8, 4) is 0 Å². The van der Waals surface area contributed by atoms with Crippen molar-refractivity contribution in [3.05, 3.63) is 21.4 Å². The van der Waals surface area contributed by atoms with Crippen LogP contribution in [0, 0.1) is 40.9 Å². The summed E-state index contributed by atoms with van der Waals surface area (Å²) in [6, 6.07) is 2.54. The summed E-state index contributed by atoms with van der Waals surface area (Å²) in [5, 5.41) is 0. The first-order valence-corrected chi connectivity index (χ1v) is 14.3. The van der Waals surface area contributed by atoms with Gasteiger partial charge >= 0.3 is 0 Å². The minimum atomic E-state index is -0.126. The fraction of sp³-hybridized carbons (Fsp3) is 0.793. The Morgan fingerprint density at radius 2 is 1.53 bits per heavy atom. The molecule has 0 radical (unpaired) electrons. The zero-order chi connectivity index (χ0) is 22.0. The molecule has 6 aliphatic carbocycles. The normalized spacial score (nSPS) is 48.5. The van der Waals surface area contributed by atoms with Crippen LogP contribution in [-0.4, -0.2) is 11.6 Å². The van der Waals surface area contributed by atoms with Crippen LogP contribution in [0.2, 0.25) is 0 Å². The maximum atomic E-state index is 13.5. The van der Waals surface area contributed by atoms with Gasteiger partial charge in [0.1, 0.15) is 11.6 Å². The third-order valence-electron chi connectivity index (χ3n) is 11.9. The van der Waals surface area contributed by atoms with Gasteiger partial charge in [0.05, 0.1) is 0 Å². The highest BCUT2D eigenvalue weighted by molar-refractivity contribution is 7.12. The number of hydrogen-bond acceptors (Lipinski definition) is 3. The molecule has 0 aliphatic heterocycles. The lowest BCUT2D eigenvalue weighted by Crippen LogP contribution is -2.58. The fourth-order valence-electron chi connectivity index (χ4n) is 10.9. The van der Waals surface area contributed by atoms with E-state index in [1.165, 1.54) is 69.8 Å². The molecule has 7 rings (SSSR count). The number of carbonyl (C=O) groups excluding carboxylic acids is 2. The van der Waals surface area contributed by atoms with E-state index in [0.717, 1.165) is 11.8 Å². The van der Waals surface area contributed by atoms with E-state index in [1.54, 1.807) is 16.7 Å². The van der Waals surface area contributed by atoms with Crippen LogP contribution in [0.3, 0.4) is 0 Å². The Morgan fingerprint density at radius 3 is 2.12 bits per heavy atom. The first-order chi connectivity index (χ1) is 15.4. The Labute approximate surface area is 196 Å². The Balaban J connectivity index is 1.45. The molecule has 1 heterocycles. The summed E-state index contributed by atoms with van der Waals surface area (Å²) in [5.41, 5.74) is 2.06. The van der Waals surface area contributed by atoms with Gasteiger partial charge in [-0.15, -0.1) is 11.3 Å². The van der Waals surface area contributed by atoms with Crippen molar-refractivity contribution >= 4 is 22.9 Å². The van der Waals surface area contributed by atoms with Crippen molar-refractivity contribution in [2.75, 3.05) is 0 Å². The molecule has 2 spiro atoms. The molecule has 172 valence electrons. The van der Waals surface area contributed by atoms with E-state index in [4.69, 9.17) is 0 Å². The molecule has 7 atom stereocenters. The third kappa shape index (κ3) is 2.24. The third-order valence-corrected chi connectivity index (χ3v) is 13.4. The molecule has 5 fully saturated rings. The second-order valence-electron chi connectivity index (χ2n) is 12.9. The average Bonchev–Trinajstić information content (AvgIpc) is 3.39. The van der Waals surface area contributed by atoms with Crippen LogP contribution in [0.15, 0.2) is 6.07 Å². The number of fused-ring (bicyclic) bond motifs is 6. The quantitative estimate of drug-likeness (QED) is 0.496. The van der Waals surface area contributed by atoms with Gasteiger partial charge < -0.3 is 0 Å². The predicted molar refractivity (Wildman–Crippen MR) is 128 cm³/mol. The lowest BCUT2D eigenvalue weighted by molar-refractivity contribution is -0.139. The van der Waals surface area contributed by atoms with E-state index in [9.17, 15) is 9.59 Å². The topological polar surface area (TPSA) is 34.1 Å².